The molecule has 4 heteroatoms. The molecular weight excluding hydrogens is 520 g/mol. The SMILES string of the molecule is C=CC(=O)OC(CCCCCC)CCCCCCCCC.C=CC(=O)OC(CCCCCCC)CCCCCCCC. The van der Waals surface area contributed by atoms with Crippen molar-refractivity contribution in [3.63, 3.8) is 0 Å². The fraction of sp³-hybridized carbons (Fsp3) is 0.842. The smallest absolute Gasteiger partial charge is 0.330 e. The molecule has 0 saturated carbocycles. The van der Waals surface area contributed by atoms with Gasteiger partial charge in [0, 0.05) is 12.2 Å². The van der Waals surface area contributed by atoms with Gasteiger partial charge in [-0.25, -0.2) is 9.59 Å². The lowest BCUT2D eigenvalue weighted by molar-refractivity contribution is -0.144. The first-order valence-electron chi connectivity index (χ1n) is 18.1. The van der Waals surface area contributed by atoms with E-state index in [2.05, 4.69) is 40.9 Å². The zero-order valence-electron chi connectivity index (χ0n) is 28.7. The van der Waals surface area contributed by atoms with Crippen LogP contribution in [0, 0.1) is 0 Å². The molecule has 0 N–H and O–H groups in total. The standard InChI is InChI=1S/2C19H36O2/c1-4-7-9-11-12-13-15-17-18(21-19(20)6-3)16-14-10-8-5-2;1-4-7-9-11-13-15-17-18(21-19(20)6-3)16-14-12-10-8-5-2/h2*6,18H,3-5,7-17H2,1-2H3. The molecule has 0 aliphatic heterocycles. The quantitative estimate of drug-likeness (QED) is 0.0473. The average molecular weight is 593 g/mol. The number of esters is 2. The molecule has 0 aliphatic carbocycles. The van der Waals surface area contributed by atoms with E-state index in [4.69, 9.17) is 9.47 Å². The first kappa shape index (κ1) is 42.6. The van der Waals surface area contributed by atoms with Crippen LogP contribution in [-0.4, -0.2) is 24.1 Å². The Balaban J connectivity index is 0. The van der Waals surface area contributed by atoms with Gasteiger partial charge in [-0.2, -0.15) is 0 Å². The van der Waals surface area contributed by atoms with Crippen LogP contribution in [0.5, 0.6) is 0 Å². The van der Waals surface area contributed by atoms with Crippen molar-refractivity contribution in [3.8, 4) is 0 Å². The van der Waals surface area contributed by atoms with Crippen LogP contribution < -0.4 is 0 Å². The molecule has 0 rings (SSSR count). The van der Waals surface area contributed by atoms with Gasteiger partial charge in [0.05, 0.1) is 0 Å². The molecule has 42 heavy (non-hydrogen) atoms. The predicted octanol–water partition coefficient (Wildman–Crippen LogP) is 12.4. The second-order valence-corrected chi connectivity index (χ2v) is 12.0. The summed E-state index contributed by atoms with van der Waals surface area (Å²) >= 11 is 0. The van der Waals surface area contributed by atoms with Crippen molar-refractivity contribution in [1.82, 2.24) is 0 Å². The van der Waals surface area contributed by atoms with E-state index in [9.17, 15) is 9.59 Å². The molecule has 0 aliphatic rings. The lowest BCUT2D eigenvalue weighted by Crippen LogP contribution is -2.16. The van der Waals surface area contributed by atoms with Crippen LogP contribution in [0.1, 0.15) is 195 Å². The number of rotatable bonds is 30. The Morgan fingerprint density at radius 3 is 0.881 bits per heavy atom. The van der Waals surface area contributed by atoms with Crippen molar-refractivity contribution >= 4 is 11.9 Å². The minimum absolute atomic E-state index is 0.1000. The summed E-state index contributed by atoms with van der Waals surface area (Å²) in [6.45, 7) is 15.9. The van der Waals surface area contributed by atoms with Crippen LogP contribution in [0.3, 0.4) is 0 Å². The van der Waals surface area contributed by atoms with Crippen LogP contribution in [0.2, 0.25) is 0 Å². The summed E-state index contributed by atoms with van der Waals surface area (Å²) in [5, 5.41) is 0. The summed E-state index contributed by atoms with van der Waals surface area (Å²) in [6.07, 6.45) is 34.9. The van der Waals surface area contributed by atoms with E-state index in [1.54, 1.807) is 0 Å². The zero-order valence-corrected chi connectivity index (χ0v) is 28.7. The van der Waals surface area contributed by atoms with Gasteiger partial charge in [-0.3, -0.25) is 0 Å². The fourth-order valence-corrected chi connectivity index (χ4v) is 5.20. The molecule has 0 amide bonds. The molecule has 0 aromatic rings. The molecule has 0 fully saturated rings. The molecule has 2 unspecified atom stereocenters. The molecule has 0 bridgehead atoms. The number of ether oxygens (including phenoxy) is 2. The third-order valence-corrected chi connectivity index (χ3v) is 7.92. The molecule has 0 heterocycles. The van der Waals surface area contributed by atoms with Gasteiger partial charge >= 0.3 is 11.9 Å². The summed E-state index contributed by atoms with van der Waals surface area (Å²) in [4.78, 5) is 22.8. The zero-order chi connectivity index (χ0) is 31.5. The Morgan fingerprint density at radius 1 is 0.429 bits per heavy atom. The van der Waals surface area contributed by atoms with Gasteiger partial charge < -0.3 is 9.47 Å². The first-order valence-corrected chi connectivity index (χ1v) is 18.1. The highest BCUT2D eigenvalue weighted by atomic mass is 16.5. The van der Waals surface area contributed by atoms with Gasteiger partial charge in [0.2, 0.25) is 0 Å². The Morgan fingerprint density at radius 2 is 0.643 bits per heavy atom. The molecule has 4 nitrogen and oxygen atoms in total. The Kier molecular flexibility index (Phi) is 36.1. The third-order valence-electron chi connectivity index (χ3n) is 7.92. The van der Waals surface area contributed by atoms with Crippen molar-refractivity contribution in [1.29, 1.82) is 0 Å². The molecule has 248 valence electrons. The minimum Gasteiger partial charge on any atom is -0.459 e. The maximum atomic E-state index is 11.4. The van der Waals surface area contributed by atoms with E-state index < -0.39 is 0 Å². The first-order chi connectivity index (χ1) is 20.5. The molecule has 2 atom stereocenters. The maximum Gasteiger partial charge on any atom is 0.330 e. The van der Waals surface area contributed by atoms with E-state index >= 15 is 0 Å². The van der Waals surface area contributed by atoms with Gasteiger partial charge in [0.15, 0.2) is 0 Å². The van der Waals surface area contributed by atoms with Crippen LogP contribution in [-0.2, 0) is 19.1 Å². The monoisotopic (exact) mass is 593 g/mol. The van der Waals surface area contributed by atoms with Gasteiger partial charge in [-0.15, -0.1) is 0 Å². The average Bonchev–Trinajstić information content (AvgIpc) is 3.00. The van der Waals surface area contributed by atoms with E-state index in [1.165, 1.54) is 153 Å². The maximum absolute atomic E-state index is 11.4. The minimum atomic E-state index is -0.265. The molecule has 0 saturated heterocycles. The third kappa shape index (κ3) is 32.9. The largest absolute Gasteiger partial charge is 0.459 e. The topological polar surface area (TPSA) is 52.6 Å². The van der Waals surface area contributed by atoms with Crippen molar-refractivity contribution in [2.45, 2.75) is 207 Å². The van der Waals surface area contributed by atoms with Crippen molar-refractivity contribution in [2.24, 2.45) is 0 Å². The van der Waals surface area contributed by atoms with E-state index in [0.717, 1.165) is 25.7 Å². The second kappa shape index (κ2) is 35.6. The number of hydrogen-bond donors (Lipinski definition) is 0. The highest BCUT2D eigenvalue weighted by Gasteiger charge is 2.13. The van der Waals surface area contributed by atoms with Gasteiger partial charge in [-0.1, -0.05) is 156 Å². The van der Waals surface area contributed by atoms with Crippen molar-refractivity contribution in [2.75, 3.05) is 0 Å². The van der Waals surface area contributed by atoms with Gasteiger partial charge in [0.25, 0.3) is 0 Å². The highest BCUT2D eigenvalue weighted by molar-refractivity contribution is 5.81. The van der Waals surface area contributed by atoms with Crippen molar-refractivity contribution in [3.05, 3.63) is 25.3 Å². The number of unbranched alkanes of at least 4 members (excludes halogenated alkanes) is 18. The lowest BCUT2D eigenvalue weighted by Gasteiger charge is -2.17. The summed E-state index contributed by atoms with van der Waals surface area (Å²) in [5.74, 6) is -0.530. The second-order valence-electron chi connectivity index (χ2n) is 12.0. The van der Waals surface area contributed by atoms with Crippen LogP contribution in [0.25, 0.3) is 0 Å². The molecule has 0 spiro atoms. The van der Waals surface area contributed by atoms with E-state index in [1.807, 2.05) is 0 Å². The van der Waals surface area contributed by atoms with Gasteiger partial charge in [0.1, 0.15) is 12.2 Å². The summed E-state index contributed by atoms with van der Waals surface area (Å²) < 4.78 is 10.9. The van der Waals surface area contributed by atoms with Crippen LogP contribution in [0.4, 0.5) is 0 Å². The normalized spacial score (nSPS) is 12.1. The highest BCUT2D eigenvalue weighted by Crippen LogP contribution is 2.18. The lowest BCUT2D eigenvalue weighted by atomic mass is 10.0. The van der Waals surface area contributed by atoms with Gasteiger partial charge in [-0.05, 0) is 51.4 Å². The van der Waals surface area contributed by atoms with Crippen LogP contribution >= 0.6 is 0 Å². The number of carbonyl (C=O) groups is 2. The summed E-state index contributed by atoms with van der Waals surface area (Å²) in [7, 11) is 0. The van der Waals surface area contributed by atoms with Crippen molar-refractivity contribution < 1.29 is 19.1 Å². The molecular formula is C38H72O4. The Bertz CT molecular complexity index is 600. The fourth-order valence-electron chi connectivity index (χ4n) is 5.20. The molecule has 0 radical (unpaired) electrons. The number of carbonyl (C=O) groups excluding carboxylic acids is 2. The molecule has 0 aromatic heterocycles. The summed E-state index contributed by atoms with van der Waals surface area (Å²) in [6, 6.07) is 0. The number of hydrogen-bond acceptors (Lipinski definition) is 4. The Hall–Kier alpha value is -1.58. The van der Waals surface area contributed by atoms with E-state index in [0.29, 0.717) is 0 Å². The Labute approximate surface area is 262 Å². The van der Waals surface area contributed by atoms with E-state index in [-0.39, 0.29) is 24.1 Å². The summed E-state index contributed by atoms with van der Waals surface area (Å²) in [5.41, 5.74) is 0. The van der Waals surface area contributed by atoms with Crippen LogP contribution in [0.15, 0.2) is 25.3 Å². The predicted molar refractivity (Wildman–Crippen MR) is 183 cm³/mol. The molecule has 0 aromatic carbocycles.